The van der Waals surface area contributed by atoms with Crippen molar-refractivity contribution in [3.8, 4) is 79.2 Å². The van der Waals surface area contributed by atoms with E-state index >= 15 is 0 Å². The molecular formula is C67H39F15IrN7-3. The Hall–Kier alpha value is -9.86. The summed E-state index contributed by atoms with van der Waals surface area (Å²) < 4.78 is 205. The summed E-state index contributed by atoms with van der Waals surface area (Å²) in [6, 6.07) is 62.5. The molecule has 459 valence electrons. The van der Waals surface area contributed by atoms with Crippen LogP contribution in [0.1, 0.15) is 27.9 Å². The maximum absolute atomic E-state index is 13.5. The summed E-state index contributed by atoms with van der Waals surface area (Å²) in [6.07, 6.45) is -15.3. The Labute approximate surface area is 516 Å². The summed E-state index contributed by atoms with van der Waals surface area (Å²) in [7, 11) is 0. The van der Waals surface area contributed by atoms with E-state index in [1.54, 1.807) is 140 Å². The first-order chi connectivity index (χ1) is 42.3. The summed E-state index contributed by atoms with van der Waals surface area (Å²) in [6.45, 7) is 0. The first-order valence-electron chi connectivity index (χ1n) is 26.3. The Balaban J connectivity index is 0.000000173. The Morgan fingerprint density at radius 2 is 0.733 bits per heavy atom. The molecule has 0 saturated heterocycles. The molecule has 0 amide bonds. The van der Waals surface area contributed by atoms with Gasteiger partial charge in [-0.15, -0.1) is 12.1 Å². The number of benzene rings is 8. The van der Waals surface area contributed by atoms with E-state index in [4.69, 9.17) is 0 Å². The summed E-state index contributed by atoms with van der Waals surface area (Å²) in [5, 5.41) is 6.47. The van der Waals surface area contributed by atoms with Crippen LogP contribution >= 0.6 is 0 Å². The molecule has 7 nitrogen and oxygen atoms in total. The summed E-state index contributed by atoms with van der Waals surface area (Å²) in [5.74, 6) is 0. The molecule has 8 aromatic carbocycles. The molecule has 0 aliphatic carbocycles. The zero-order chi connectivity index (χ0) is 63.3. The number of hydrogen-bond donors (Lipinski definition) is 0. The summed E-state index contributed by atoms with van der Waals surface area (Å²) >= 11 is 0. The number of alkyl halides is 15. The molecule has 90 heavy (non-hydrogen) atoms. The van der Waals surface area contributed by atoms with Gasteiger partial charge in [-0.05, 0) is 76.1 Å². The number of nitrogens with zero attached hydrogens (tertiary/aromatic N) is 7. The van der Waals surface area contributed by atoms with E-state index in [1.165, 1.54) is 48.7 Å². The normalized spacial score (nSPS) is 11.9. The van der Waals surface area contributed by atoms with Crippen molar-refractivity contribution in [2.45, 2.75) is 30.9 Å². The van der Waals surface area contributed by atoms with E-state index in [0.29, 0.717) is 50.7 Å². The minimum Gasteiger partial charge on any atom is -0.573 e. The largest absolute Gasteiger partial charge is 0.573 e. The van der Waals surface area contributed by atoms with E-state index in [0.717, 1.165) is 66.7 Å². The molecule has 0 N–H and O–H groups in total. The molecule has 0 atom stereocenters. The maximum Gasteiger partial charge on any atom is 0.431 e. The van der Waals surface area contributed by atoms with Crippen LogP contribution < -0.4 is 14.2 Å². The maximum atomic E-state index is 13.5. The molecule has 0 bridgehead atoms. The molecule has 0 saturated carbocycles. The summed E-state index contributed by atoms with van der Waals surface area (Å²) in [5.41, 5.74) is 0.753. The van der Waals surface area contributed by atoms with Crippen molar-refractivity contribution in [1.29, 1.82) is 0 Å². The molecular weight excluding hydrogens is 1380 g/mol. The smallest absolute Gasteiger partial charge is 0.431 e. The van der Waals surface area contributed by atoms with Crippen LogP contribution in [0.4, 0.5) is 65.9 Å². The first kappa shape index (κ1) is 64.6. The van der Waals surface area contributed by atoms with Gasteiger partial charge in [-0.25, -0.2) is 0 Å². The standard InChI is InChI=1S/2C29H17F6N2.C9H5F3N3.Ir/c2*30-28(31,32)22-13-7-15-24(17-22)36-19-37(25-16-8-14-23(18-25)29(33,34)35)27(21-11-5-2-6-12-21)26(36)20-9-3-1-4-10-20;10-9(11,12)8-5-7(14-15-8)6-3-1-2-4-13-6;/h2*1-15,17-18H;1-5H;/q3*-1;. The van der Waals surface area contributed by atoms with E-state index in [-0.39, 0.29) is 48.5 Å². The van der Waals surface area contributed by atoms with Gasteiger partial charge in [0.15, 0.2) is 0 Å². The Kier molecular flexibility index (Phi) is 19.0. The third-order valence-corrected chi connectivity index (χ3v) is 13.3. The van der Waals surface area contributed by atoms with Gasteiger partial charge < -0.3 is 19.3 Å². The Bertz CT molecular complexity index is 3880. The molecule has 4 heterocycles. The second-order valence-electron chi connectivity index (χ2n) is 19.2. The number of halogens is 15. The molecule has 0 fully saturated rings. The van der Waals surface area contributed by atoms with Gasteiger partial charge in [0.1, 0.15) is 5.69 Å². The SMILES string of the molecule is FC(F)(F)c1cc(-c2ccccn2)[n-]n1.FC(F)(F)c1cc[c-]c(-n2[c-][n+](-c3cccc(C(F)(F)F)c3)c(-c3ccccc3)c2-c2ccccc2)c1.FC(F)(F)c1cc[c-]c(-n2[c-][n+](-c3cccc(C(F)(F)F)c3)c(-c3ccccc3)c2-c2ccccc2)c1.[Ir]. The van der Waals surface area contributed by atoms with E-state index in [9.17, 15) is 65.9 Å². The molecule has 4 aromatic heterocycles. The van der Waals surface area contributed by atoms with Gasteiger partial charge in [-0.3, -0.25) is 14.1 Å². The zero-order valence-corrected chi connectivity index (χ0v) is 48.0. The average molecular weight is 1420 g/mol. The van der Waals surface area contributed by atoms with E-state index < -0.39 is 58.8 Å². The van der Waals surface area contributed by atoms with Crippen molar-refractivity contribution in [2.75, 3.05) is 0 Å². The summed E-state index contributed by atoms with van der Waals surface area (Å²) in [4.78, 5) is 3.87. The van der Waals surface area contributed by atoms with Gasteiger partial charge in [0.25, 0.3) is 12.7 Å². The molecule has 12 rings (SSSR count). The fraction of sp³-hybridized carbons (Fsp3) is 0.0746. The topological polar surface area (TPSA) is 57.5 Å². The quantitative estimate of drug-likeness (QED) is 0.0822. The second kappa shape index (κ2) is 26.5. The van der Waals surface area contributed by atoms with Gasteiger partial charge in [-0.1, -0.05) is 168 Å². The third kappa shape index (κ3) is 14.8. The van der Waals surface area contributed by atoms with Gasteiger partial charge in [0.05, 0.1) is 45.3 Å². The minimum atomic E-state index is -4.59. The van der Waals surface area contributed by atoms with Crippen LogP contribution in [-0.2, 0) is 51.0 Å². The second-order valence-corrected chi connectivity index (χ2v) is 19.2. The number of hydrogen-bond acceptors (Lipinski definition) is 2. The number of aromatic nitrogens is 7. The van der Waals surface area contributed by atoms with E-state index in [2.05, 4.69) is 40.0 Å². The number of imidazole rings is 2. The van der Waals surface area contributed by atoms with Gasteiger partial charge in [0, 0.05) is 32.0 Å². The molecule has 0 aliphatic rings. The number of pyridine rings is 1. The molecule has 1 radical (unpaired) electrons. The van der Waals surface area contributed by atoms with Crippen molar-refractivity contribution in [3.05, 3.63) is 289 Å². The van der Waals surface area contributed by atoms with Crippen molar-refractivity contribution in [3.63, 3.8) is 0 Å². The van der Waals surface area contributed by atoms with Crippen LogP contribution in [0.25, 0.3) is 79.2 Å². The zero-order valence-electron chi connectivity index (χ0n) is 45.6. The average Bonchev–Trinajstić information content (AvgIpc) is 1.61. The van der Waals surface area contributed by atoms with Crippen molar-refractivity contribution >= 4 is 0 Å². The van der Waals surface area contributed by atoms with Crippen LogP contribution in [-0.4, -0.2) is 19.2 Å². The van der Waals surface area contributed by atoms with Crippen LogP contribution in [0.2, 0.25) is 0 Å². The van der Waals surface area contributed by atoms with Crippen molar-refractivity contribution < 1.29 is 95.1 Å². The van der Waals surface area contributed by atoms with Gasteiger partial charge in [-0.2, -0.15) is 102 Å². The number of rotatable bonds is 9. The van der Waals surface area contributed by atoms with Gasteiger partial charge in [0.2, 0.25) is 0 Å². The minimum absolute atomic E-state index is 0. The van der Waals surface area contributed by atoms with Gasteiger partial charge >= 0.3 is 30.9 Å². The molecule has 0 unspecified atom stereocenters. The predicted octanol–water partition coefficient (Wildman–Crippen LogP) is 17.6. The molecule has 0 spiro atoms. The van der Waals surface area contributed by atoms with Crippen LogP contribution in [0, 0.1) is 24.8 Å². The Morgan fingerprint density at radius 1 is 0.367 bits per heavy atom. The van der Waals surface area contributed by atoms with Crippen molar-refractivity contribution in [1.82, 2.24) is 24.3 Å². The van der Waals surface area contributed by atoms with Crippen LogP contribution in [0.3, 0.4) is 0 Å². The van der Waals surface area contributed by atoms with Crippen molar-refractivity contribution in [2.24, 2.45) is 0 Å². The first-order valence-corrected chi connectivity index (χ1v) is 26.3. The molecule has 12 aromatic rings. The van der Waals surface area contributed by atoms with E-state index in [1.807, 2.05) is 0 Å². The van der Waals surface area contributed by atoms with Crippen LogP contribution in [0.15, 0.2) is 237 Å². The Morgan fingerprint density at radius 3 is 1.08 bits per heavy atom. The fourth-order valence-electron chi connectivity index (χ4n) is 9.23. The fourth-order valence-corrected chi connectivity index (χ4v) is 9.23. The van der Waals surface area contributed by atoms with Crippen LogP contribution in [0.5, 0.6) is 0 Å². The molecule has 0 aliphatic heterocycles. The monoisotopic (exact) mass is 1420 g/mol. The predicted molar refractivity (Wildman–Crippen MR) is 297 cm³/mol. The third-order valence-electron chi connectivity index (χ3n) is 13.3. The molecule has 23 heteroatoms.